The van der Waals surface area contributed by atoms with E-state index in [0.717, 1.165) is 35.7 Å². The molecule has 0 aliphatic heterocycles. The number of pyridine rings is 1. The van der Waals surface area contributed by atoms with Crippen molar-refractivity contribution >= 4 is 23.4 Å². The van der Waals surface area contributed by atoms with Crippen molar-refractivity contribution in [2.24, 2.45) is 11.3 Å². The summed E-state index contributed by atoms with van der Waals surface area (Å²) >= 11 is 1.81. The SMILES string of the molecule is COC(=O)CC1(CSCc2cc(NN)ccn2)CC1. The smallest absolute Gasteiger partial charge is 0.306 e. The Labute approximate surface area is 117 Å². The van der Waals surface area contributed by atoms with E-state index in [9.17, 15) is 4.79 Å². The fourth-order valence-corrected chi connectivity index (χ4v) is 3.24. The number of thioether (sulfide) groups is 1. The van der Waals surface area contributed by atoms with Gasteiger partial charge in [-0.3, -0.25) is 15.6 Å². The molecule has 5 nitrogen and oxygen atoms in total. The van der Waals surface area contributed by atoms with Gasteiger partial charge in [0.15, 0.2) is 0 Å². The Morgan fingerprint density at radius 2 is 2.42 bits per heavy atom. The fourth-order valence-electron chi connectivity index (χ4n) is 1.95. The van der Waals surface area contributed by atoms with Crippen LogP contribution in [-0.2, 0) is 15.3 Å². The van der Waals surface area contributed by atoms with Gasteiger partial charge in [0.1, 0.15) is 0 Å². The molecule has 104 valence electrons. The second-order valence-electron chi connectivity index (χ2n) is 4.93. The summed E-state index contributed by atoms with van der Waals surface area (Å²) in [7, 11) is 1.45. The molecule has 2 rings (SSSR count). The summed E-state index contributed by atoms with van der Waals surface area (Å²) in [5.74, 6) is 7.06. The highest BCUT2D eigenvalue weighted by molar-refractivity contribution is 7.98. The van der Waals surface area contributed by atoms with Gasteiger partial charge in [-0.05, 0) is 36.1 Å². The number of nitrogens with zero attached hydrogens (tertiary/aromatic N) is 1. The number of anilines is 1. The van der Waals surface area contributed by atoms with Crippen LogP contribution in [0.4, 0.5) is 5.69 Å². The van der Waals surface area contributed by atoms with Gasteiger partial charge in [0.2, 0.25) is 0 Å². The number of ether oxygens (including phenoxy) is 1. The topological polar surface area (TPSA) is 77.2 Å². The average Bonchev–Trinajstić information content (AvgIpc) is 3.18. The average molecular weight is 281 g/mol. The number of carbonyl (C=O) groups is 1. The molecule has 6 heteroatoms. The van der Waals surface area contributed by atoms with Crippen LogP contribution in [0.1, 0.15) is 25.0 Å². The second kappa shape index (κ2) is 6.25. The number of esters is 1. The molecule has 1 saturated carbocycles. The van der Waals surface area contributed by atoms with Gasteiger partial charge in [0.25, 0.3) is 0 Å². The number of nitrogens with one attached hydrogen (secondary N) is 1. The third kappa shape index (κ3) is 4.11. The molecular formula is C13H19N3O2S. The molecule has 0 spiro atoms. The Hall–Kier alpha value is -1.27. The van der Waals surface area contributed by atoms with Crippen LogP contribution in [0, 0.1) is 5.41 Å². The number of nitrogens with two attached hydrogens (primary N) is 1. The van der Waals surface area contributed by atoms with Gasteiger partial charge < -0.3 is 10.2 Å². The maximum atomic E-state index is 11.3. The van der Waals surface area contributed by atoms with E-state index >= 15 is 0 Å². The number of nitrogen functional groups attached to an aromatic ring is 1. The first-order valence-corrected chi connectivity index (χ1v) is 7.39. The second-order valence-corrected chi connectivity index (χ2v) is 5.91. The predicted molar refractivity (Wildman–Crippen MR) is 76.5 cm³/mol. The molecule has 1 aromatic heterocycles. The molecule has 1 aliphatic carbocycles. The summed E-state index contributed by atoms with van der Waals surface area (Å²) in [6.07, 6.45) is 4.51. The molecule has 0 radical (unpaired) electrons. The number of hydrazine groups is 1. The van der Waals surface area contributed by atoms with Crippen LogP contribution in [0.5, 0.6) is 0 Å². The first-order valence-electron chi connectivity index (χ1n) is 6.24. The third-order valence-corrected chi connectivity index (χ3v) is 4.66. The van der Waals surface area contributed by atoms with E-state index in [4.69, 9.17) is 10.6 Å². The van der Waals surface area contributed by atoms with Crippen molar-refractivity contribution in [2.45, 2.75) is 25.0 Å². The van der Waals surface area contributed by atoms with Crippen LogP contribution in [0.25, 0.3) is 0 Å². The lowest BCUT2D eigenvalue weighted by Crippen LogP contribution is -2.13. The van der Waals surface area contributed by atoms with Crippen molar-refractivity contribution in [3.05, 3.63) is 24.0 Å². The summed E-state index contributed by atoms with van der Waals surface area (Å²) < 4.78 is 4.74. The number of carbonyl (C=O) groups excluding carboxylic acids is 1. The molecule has 0 unspecified atom stereocenters. The number of methoxy groups -OCH3 is 1. The maximum absolute atomic E-state index is 11.3. The standard InChI is InChI=1S/C13H19N3O2S/c1-18-12(17)7-13(3-4-13)9-19-8-11-6-10(16-14)2-5-15-11/h2,5-6H,3-4,7-9,14H2,1H3,(H,15,16). The summed E-state index contributed by atoms with van der Waals surface area (Å²) in [6, 6.07) is 3.76. The van der Waals surface area contributed by atoms with E-state index in [1.807, 2.05) is 23.9 Å². The fraction of sp³-hybridized carbons (Fsp3) is 0.538. The van der Waals surface area contributed by atoms with Crippen LogP contribution in [0.3, 0.4) is 0 Å². The minimum Gasteiger partial charge on any atom is -0.469 e. The lowest BCUT2D eigenvalue weighted by atomic mass is 10.1. The zero-order chi connectivity index (χ0) is 13.7. The van der Waals surface area contributed by atoms with Gasteiger partial charge in [-0.1, -0.05) is 0 Å². The van der Waals surface area contributed by atoms with Crippen LogP contribution < -0.4 is 11.3 Å². The molecule has 0 saturated heterocycles. The molecule has 19 heavy (non-hydrogen) atoms. The van der Waals surface area contributed by atoms with Gasteiger partial charge in [0.05, 0.1) is 24.9 Å². The van der Waals surface area contributed by atoms with Crippen molar-refractivity contribution in [3.8, 4) is 0 Å². The highest BCUT2D eigenvalue weighted by atomic mass is 32.2. The molecule has 0 amide bonds. The first kappa shape index (κ1) is 14.1. The van der Waals surface area contributed by atoms with Crippen molar-refractivity contribution in [1.82, 2.24) is 4.98 Å². The van der Waals surface area contributed by atoms with Crippen molar-refractivity contribution in [1.29, 1.82) is 0 Å². The molecule has 1 fully saturated rings. The van der Waals surface area contributed by atoms with Gasteiger partial charge in [-0.25, -0.2) is 0 Å². The summed E-state index contributed by atoms with van der Waals surface area (Å²) in [5.41, 5.74) is 4.63. The zero-order valence-electron chi connectivity index (χ0n) is 11.0. The van der Waals surface area contributed by atoms with E-state index in [1.54, 1.807) is 6.20 Å². The molecule has 1 aromatic rings. The van der Waals surface area contributed by atoms with E-state index < -0.39 is 0 Å². The van der Waals surface area contributed by atoms with Crippen LogP contribution in [0.2, 0.25) is 0 Å². The minimum absolute atomic E-state index is 0.106. The largest absolute Gasteiger partial charge is 0.469 e. The molecule has 3 N–H and O–H groups in total. The number of rotatable bonds is 7. The number of aromatic nitrogens is 1. The van der Waals surface area contributed by atoms with E-state index in [2.05, 4.69) is 10.4 Å². The van der Waals surface area contributed by atoms with Crippen LogP contribution in [0.15, 0.2) is 18.3 Å². The van der Waals surface area contributed by atoms with Crippen LogP contribution in [-0.4, -0.2) is 23.8 Å². The predicted octanol–water partition coefficient (Wildman–Crippen LogP) is 1.94. The quantitative estimate of drug-likeness (QED) is 0.452. The van der Waals surface area contributed by atoms with Gasteiger partial charge in [-0.15, -0.1) is 0 Å². The Morgan fingerprint density at radius 3 is 3.05 bits per heavy atom. The van der Waals surface area contributed by atoms with Crippen molar-refractivity contribution in [2.75, 3.05) is 18.3 Å². The lowest BCUT2D eigenvalue weighted by molar-refractivity contribution is -0.141. The number of hydrogen-bond donors (Lipinski definition) is 2. The number of hydrogen-bond acceptors (Lipinski definition) is 6. The molecular weight excluding hydrogens is 262 g/mol. The van der Waals surface area contributed by atoms with Gasteiger partial charge in [0, 0.05) is 11.9 Å². The van der Waals surface area contributed by atoms with Crippen LogP contribution >= 0.6 is 11.8 Å². The third-order valence-electron chi connectivity index (χ3n) is 3.35. The summed E-state index contributed by atoms with van der Waals surface area (Å²) in [4.78, 5) is 15.6. The lowest BCUT2D eigenvalue weighted by Gasteiger charge is -2.12. The van der Waals surface area contributed by atoms with E-state index in [-0.39, 0.29) is 11.4 Å². The summed E-state index contributed by atoms with van der Waals surface area (Å²) in [5, 5.41) is 0. The Morgan fingerprint density at radius 1 is 1.63 bits per heavy atom. The minimum atomic E-state index is -0.106. The maximum Gasteiger partial charge on any atom is 0.306 e. The highest BCUT2D eigenvalue weighted by Gasteiger charge is 2.44. The Kier molecular flexibility index (Phi) is 4.66. The molecule has 1 aliphatic rings. The van der Waals surface area contributed by atoms with Crippen molar-refractivity contribution in [3.63, 3.8) is 0 Å². The Balaban J connectivity index is 1.78. The van der Waals surface area contributed by atoms with Gasteiger partial charge >= 0.3 is 5.97 Å². The van der Waals surface area contributed by atoms with Crippen molar-refractivity contribution < 1.29 is 9.53 Å². The zero-order valence-corrected chi connectivity index (χ0v) is 11.8. The van der Waals surface area contributed by atoms with E-state index in [1.165, 1.54) is 7.11 Å². The monoisotopic (exact) mass is 281 g/mol. The molecule has 1 heterocycles. The molecule has 0 atom stereocenters. The normalized spacial score (nSPS) is 15.9. The van der Waals surface area contributed by atoms with Gasteiger partial charge in [-0.2, -0.15) is 11.8 Å². The highest BCUT2D eigenvalue weighted by Crippen LogP contribution is 2.51. The first-order chi connectivity index (χ1) is 9.17. The summed E-state index contributed by atoms with van der Waals surface area (Å²) in [6.45, 7) is 0. The van der Waals surface area contributed by atoms with E-state index in [0.29, 0.717) is 6.42 Å². The molecule has 0 aromatic carbocycles. The molecule has 0 bridgehead atoms. The Bertz CT molecular complexity index is 449.